The van der Waals surface area contributed by atoms with E-state index in [2.05, 4.69) is 15.6 Å². The standard InChI is InChI=1S/C13H19N3O3/c1-2-14-13(17)12-7-10(3-4-15-12)16-8-11-9-18-5-6-19-11/h3-4,7,11H,2,5-6,8-9H2,1H3,(H,14,17)(H,15,16). The molecule has 0 bridgehead atoms. The molecule has 1 saturated heterocycles. The van der Waals surface area contributed by atoms with Crippen molar-refractivity contribution in [2.24, 2.45) is 0 Å². The zero-order valence-electron chi connectivity index (χ0n) is 11.0. The largest absolute Gasteiger partial charge is 0.382 e. The second-order valence-electron chi connectivity index (χ2n) is 4.24. The Bertz CT molecular complexity index is 419. The maximum absolute atomic E-state index is 11.7. The molecule has 1 unspecified atom stereocenters. The minimum absolute atomic E-state index is 0.0508. The Balaban J connectivity index is 1.89. The topological polar surface area (TPSA) is 72.5 Å². The molecule has 1 aliphatic heterocycles. The lowest BCUT2D eigenvalue weighted by Gasteiger charge is -2.23. The van der Waals surface area contributed by atoms with Crippen LogP contribution >= 0.6 is 0 Å². The average Bonchev–Trinajstić information content (AvgIpc) is 2.47. The van der Waals surface area contributed by atoms with Crippen LogP contribution in [0.4, 0.5) is 5.69 Å². The Hall–Kier alpha value is -1.66. The summed E-state index contributed by atoms with van der Waals surface area (Å²) in [4.78, 5) is 15.7. The maximum atomic E-state index is 11.7. The van der Waals surface area contributed by atoms with Crippen LogP contribution in [0.3, 0.4) is 0 Å². The molecule has 0 radical (unpaired) electrons. The first kappa shape index (κ1) is 13.8. The normalized spacial score (nSPS) is 18.9. The van der Waals surface area contributed by atoms with Crippen LogP contribution in [0, 0.1) is 0 Å². The number of carbonyl (C=O) groups excluding carboxylic acids is 1. The molecule has 1 amide bonds. The van der Waals surface area contributed by atoms with Gasteiger partial charge in [0.1, 0.15) is 5.69 Å². The van der Waals surface area contributed by atoms with Gasteiger partial charge in [0.25, 0.3) is 5.91 Å². The predicted octanol–water partition coefficient (Wildman–Crippen LogP) is 0.659. The summed E-state index contributed by atoms with van der Waals surface area (Å²) in [6, 6.07) is 3.56. The van der Waals surface area contributed by atoms with Gasteiger partial charge in [-0.05, 0) is 19.1 Å². The molecular weight excluding hydrogens is 246 g/mol. The van der Waals surface area contributed by atoms with E-state index in [-0.39, 0.29) is 12.0 Å². The van der Waals surface area contributed by atoms with E-state index in [1.165, 1.54) is 0 Å². The molecule has 6 nitrogen and oxygen atoms in total. The van der Waals surface area contributed by atoms with Crippen LogP contribution in [0.15, 0.2) is 18.3 Å². The molecule has 1 aliphatic rings. The van der Waals surface area contributed by atoms with Gasteiger partial charge in [-0.2, -0.15) is 0 Å². The number of nitrogens with one attached hydrogen (secondary N) is 2. The van der Waals surface area contributed by atoms with E-state index in [1.807, 2.05) is 13.0 Å². The summed E-state index contributed by atoms with van der Waals surface area (Å²) in [5, 5.41) is 5.95. The number of pyridine rings is 1. The third-order valence-electron chi connectivity index (χ3n) is 2.75. The fourth-order valence-corrected chi connectivity index (χ4v) is 1.80. The van der Waals surface area contributed by atoms with Crippen LogP contribution in [-0.2, 0) is 9.47 Å². The molecule has 2 rings (SSSR count). The first-order valence-corrected chi connectivity index (χ1v) is 6.47. The summed E-state index contributed by atoms with van der Waals surface area (Å²) in [5.74, 6) is -0.164. The van der Waals surface area contributed by atoms with Crippen molar-refractivity contribution in [2.45, 2.75) is 13.0 Å². The van der Waals surface area contributed by atoms with E-state index in [0.29, 0.717) is 38.6 Å². The number of aromatic nitrogens is 1. The SMILES string of the molecule is CCNC(=O)c1cc(NCC2COCCO2)ccn1. The summed E-state index contributed by atoms with van der Waals surface area (Å²) >= 11 is 0. The Morgan fingerprint density at radius 1 is 1.53 bits per heavy atom. The van der Waals surface area contributed by atoms with E-state index in [4.69, 9.17) is 9.47 Å². The number of anilines is 1. The minimum Gasteiger partial charge on any atom is -0.382 e. The van der Waals surface area contributed by atoms with Crippen LogP contribution in [-0.4, -0.2) is 49.9 Å². The second-order valence-corrected chi connectivity index (χ2v) is 4.24. The van der Waals surface area contributed by atoms with Crippen LogP contribution in [0.1, 0.15) is 17.4 Å². The number of rotatable bonds is 5. The van der Waals surface area contributed by atoms with Crippen molar-refractivity contribution >= 4 is 11.6 Å². The highest BCUT2D eigenvalue weighted by molar-refractivity contribution is 5.93. The molecular formula is C13H19N3O3. The molecule has 19 heavy (non-hydrogen) atoms. The van der Waals surface area contributed by atoms with E-state index in [9.17, 15) is 4.79 Å². The zero-order valence-corrected chi connectivity index (χ0v) is 11.0. The molecule has 0 saturated carbocycles. The smallest absolute Gasteiger partial charge is 0.269 e. The molecule has 1 fully saturated rings. The minimum atomic E-state index is -0.164. The Morgan fingerprint density at radius 3 is 3.16 bits per heavy atom. The molecule has 0 aromatic carbocycles. The maximum Gasteiger partial charge on any atom is 0.269 e. The Labute approximate surface area is 112 Å². The van der Waals surface area contributed by atoms with Gasteiger partial charge < -0.3 is 20.1 Å². The van der Waals surface area contributed by atoms with Gasteiger partial charge in [-0.25, -0.2) is 0 Å². The first-order chi connectivity index (χ1) is 9.29. The zero-order chi connectivity index (χ0) is 13.5. The van der Waals surface area contributed by atoms with Gasteiger partial charge >= 0.3 is 0 Å². The molecule has 1 aromatic rings. The number of carbonyl (C=O) groups is 1. The molecule has 104 valence electrons. The fraction of sp³-hybridized carbons (Fsp3) is 0.538. The summed E-state index contributed by atoms with van der Waals surface area (Å²) < 4.78 is 10.9. The quantitative estimate of drug-likeness (QED) is 0.818. The molecule has 0 spiro atoms. The van der Waals surface area contributed by atoms with E-state index < -0.39 is 0 Å². The van der Waals surface area contributed by atoms with Crippen molar-refractivity contribution in [1.29, 1.82) is 0 Å². The summed E-state index contributed by atoms with van der Waals surface area (Å²) in [6.07, 6.45) is 1.67. The lowest BCUT2D eigenvalue weighted by atomic mass is 10.2. The number of amides is 1. The van der Waals surface area contributed by atoms with E-state index >= 15 is 0 Å². The summed E-state index contributed by atoms with van der Waals surface area (Å²) in [5.41, 5.74) is 1.26. The molecule has 1 aromatic heterocycles. The van der Waals surface area contributed by atoms with Gasteiger partial charge in [-0.15, -0.1) is 0 Å². The highest BCUT2D eigenvalue weighted by atomic mass is 16.6. The van der Waals surface area contributed by atoms with Gasteiger partial charge in [0.15, 0.2) is 0 Å². The molecule has 0 aliphatic carbocycles. The van der Waals surface area contributed by atoms with Crippen LogP contribution in [0.2, 0.25) is 0 Å². The Kier molecular flexibility index (Phi) is 5.11. The molecule has 1 atom stereocenters. The highest BCUT2D eigenvalue weighted by Gasteiger charge is 2.14. The van der Waals surface area contributed by atoms with Gasteiger partial charge in [0.2, 0.25) is 0 Å². The van der Waals surface area contributed by atoms with Gasteiger partial charge in [0.05, 0.1) is 25.9 Å². The van der Waals surface area contributed by atoms with Crippen LogP contribution < -0.4 is 10.6 Å². The van der Waals surface area contributed by atoms with Crippen molar-refractivity contribution in [2.75, 3.05) is 38.2 Å². The average molecular weight is 265 g/mol. The third-order valence-corrected chi connectivity index (χ3v) is 2.75. The number of hydrogen-bond donors (Lipinski definition) is 2. The first-order valence-electron chi connectivity index (χ1n) is 6.47. The van der Waals surface area contributed by atoms with Crippen LogP contribution in [0.25, 0.3) is 0 Å². The third kappa shape index (κ3) is 4.18. The Morgan fingerprint density at radius 2 is 2.42 bits per heavy atom. The summed E-state index contributed by atoms with van der Waals surface area (Å²) in [7, 11) is 0. The predicted molar refractivity (Wildman–Crippen MR) is 71.3 cm³/mol. The lowest BCUT2D eigenvalue weighted by molar-refractivity contribution is -0.0818. The van der Waals surface area contributed by atoms with Crippen molar-refractivity contribution in [3.63, 3.8) is 0 Å². The summed E-state index contributed by atoms with van der Waals surface area (Å²) in [6.45, 7) is 5.01. The molecule has 6 heteroatoms. The fourth-order valence-electron chi connectivity index (χ4n) is 1.80. The second kappa shape index (κ2) is 7.06. The number of hydrogen-bond acceptors (Lipinski definition) is 5. The number of ether oxygens (including phenoxy) is 2. The van der Waals surface area contributed by atoms with Gasteiger partial charge in [-0.3, -0.25) is 9.78 Å². The lowest BCUT2D eigenvalue weighted by Crippen LogP contribution is -2.34. The highest BCUT2D eigenvalue weighted by Crippen LogP contribution is 2.09. The van der Waals surface area contributed by atoms with Crippen molar-refractivity contribution < 1.29 is 14.3 Å². The monoisotopic (exact) mass is 265 g/mol. The van der Waals surface area contributed by atoms with E-state index in [0.717, 1.165) is 5.69 Å². The van der Waals surface area contributed by atoms with Crippen molar-refractivity contribution in [3.05, 3.63) is 24.0 Å². The van der Waals surface area contributed by atoms with Gasteiger partial charge in [0, 0.05) is 25.0 Å². The number of nitrogens with zero attached hydrogens (tertiary/aromatic N) is 1. The molecule has 2 heterocycles. The van der Waals surface area contributed by atoms with Gasteiger partial charge in [-0.1, -0.05) is 0 Å². The van der Waals surface area contributed by atoms with E-state index in [1.54, 1.807) is 12.3 Å². The van der Waals surface area contributed by atoms with Crippen molar-refractivity contribution in [3.8, 4) is 0 Å². The molecule has 2 N–H and O–H groups in total. The van der Waals surface area contributed by atoms with Crippen molar-refractivity contribution in [1.82, 2.24) is 10.3 Å². The van der Waals surface area contributed by atoms with Crippen LogP contribution in [0.5, 0.6) is 0 Å².